The zero-order valence-electron chi connectivity index (χ0n) is 15.9. The van der Waals surface area contributed by atoms with Crippen LogP contribution in [0.5, 0.6) is 0 Å². The Morgan fingerprint density at radius 2 is 0.917 bits per heavy atom. The van der Waals surface area contributed by atoms with Crippen LogP contribution in [0.2, 0.25) is 0 Å². The number of carbonyl (C=O) groups excluding carboxylic acids is 2. The van der Waals surface area contributed by atoms with Crippen molar-refractivity contribution in [3.05, 3.63) is 0 Å². The first-order valence-corrected chi connectivity index (χ1v) is 10.0. The third kappa shape index (κ3) is 17.3. The van der Waals surface area contributed by atoms with Gasteiger partial charge in [0.15, 0.2) is 0 Å². The van der Waals surface area contributed by atoms with E-state index in [1.54, 1.807) is 0 Å². The average Bonchev–Trinajstić information content (AvgIpc) is 2.58. The summed E-state index contributed by atoms with van der Waals surface area (Å²) >= 11 is 0. The van der Waals surface area contributed by atoms with Crippen LogP contribution in [0.4, 0.5) is 0 Å². The molecule has 0 unspecified atom stereocenters. The Morgan fingerprint density at radius 3 is 1.42 bits per heavy atom. The van der Waals surface area contributed by atoms with Gasteiger partial charge in [-0.1, -0.05) is 65.2 Å². The average molecular weight is 343 g/mol. The summed E-state index contributed by atoms with van der Waals surface area (Å²) in [6.07, 6.45) is 13.9. The molecule has 0 saturated carbocycles. The van der Waals surface area contributed by atoms with E-state index in [2.05, 4.69) is 13.8 Å². The Labute approximate surface area is 148 Å². The largest absolute Gasteiger partial charge is 0.466 e. The topological polar surface area (TPSA) is 52.6 Å². The molecule has 0 saturated heterocycles. The third-order valence-electron chi connectivity index (χ3n) is 4.03. The van der Waals surface area contributed by atoms with Gasteiger partial charge in [0.1, 0.15) is 0 Å². The Balaban J connectivity index is 3.30. The molecule has 0 bridgehead atoms. The second kappa shape index (κ2) is 18.3. The van der Waals surface area contributed by atoms with Crippen molar-refractivity contribution in [2.24, 2.45) is 0 Å². The van der Waals surface area contributed by atoms with Gasteiger partial charge < -0.3 is 9.47 Å². The summed E-state index contributed by atoms with van der Waals surface area (Å²) in [5.74, 6) is -0.292. The van der Waals surface area contributed by atoms with Crippen molar-refractivity contribution < 1.29 is 19.1 Å². The molecule has 142 valence electrons. The van der Waals surface area contributed by atoms with E-state index in [0.29, 0.717) is 38.9 Å². The fourth-order valence-electron chi connectivity index (χ4n) is 2.47. The molecule has 0 amide bonds. The van der Waals surface area contributed by atoms with E-state index in [0.717, 1.165) is 32.1 Å². The number of hydrogen-bond acceptors (Lipinski definition) is 4. The summed E-state index contributed by atoms with van der Waals surface area (Å²) < 4.78 is 10.3. The first-order valence-electron chi connectivity index (χ1n) is 10.0. The number of ether oxygens (including phenoxy) is 2. The van der Waals surface area contributed by atoms with E-state index in [-0.39, 0.29) is 11.9 Å². The molecule has 0 fully saturated rings. The number of rotatable bonds is 17. The first-order chi connectivity index (χ1) is 11.7. The van der Waals surface area contributed by atoms with Crippen LogP contribution >= 0.6 is 0 Å². The Kier molecular flexibility index (Phi) is 17.5. The molecular formula is C20H38O4. The zero-order valence-corrected chi connectivity index (χ0v) is 15.9. The number of carbonyl (C=O) groups is 2. The van der Waals surface area contributed by atoms with Gasteiger partial charge in [-0.25, -0.2) is 0 Å². The van der Waals surface area contributed by atoms with Crippen molar-refractivity contribution in [1.82, 2.24) is 0 Å². The van der Waals surface area contributed by atoms with Crippen molar-refractivity contribution in [3.8, 4) is 0 Å². The van der Waals surface area contributed by atoms with Crippen LogP contribution < -0.4 is 0 Å². The summed E-state index contributed by atoms with van der Waals surface area (Å²) in [5.41, 5.74) is 0. The van der Waals surface area contributed by atoms with Gasteiger partial charge in [-0.05, 0) is 25.7 Å². The fraction of sp³-hybridized carbons (Fsp3) is 0.900. The highest BCUT2D eigenvalue weighted by molar-refractivity contribution is 5.70. The van der Waals surface area contributed by atoms with E-state index in [1.165, 1.54) is 32.1 Å². The number of esters is 2. The quantitative estimate of drug-likeness (QED) is 0.256. The second-order valence-electron chi connectivity index (χ2n) is 6.48. The lowest BCUT2D eigenvalue weighted by atomic mass is 10.1. The molecule has 4 nitrogen and oxygen atoms in total. The Morgan fingerprint density at radius 1 is 0.542 bits per heavy atom. The molecule has 4 heteroatoms. The Hall–Kier alpha value is -1.06. The Bertz CT molecular complexity index is 302. The van der Waals surface area contributed by atoms with Gasteiger partial charge in [0.05, 0.1) is 13.2 Å². The summed E-state index contributed by atoms with van der Waals surface area (Å²) in [6, 6.07) is 0. The van der Waals surface area contributed by atoms with Crippen molar-refractivity contribution in [3.63, 3.8) is 0 Å². The monoisotopic (exact) mass is 342 g/mol. The predicted molar refractivity (Wildman–Crippen MR) is 97.9 cm³/mol. The maximum atomic E-state index is 11.6. The standard InChI is InChI=1S/C20H38O4/c1-3-5-7-8-9-10-14-18-24-20(22)16-12-11-15-19(21)23-17-13-6-4-2/h3-18H2,1-2H3. The molecule has 0 aliphatic rings. The summed E-state index contributed by atoms with van der Waals surface area (Å²) in [7, 11) is 0. The van der Waals surface area contributed by atoms with Gasteiger partial charge in [0, 0.05) is 12.8 Å². The lowest BCUT2D eigenvalue weighted by molar-refractivity contribution is -0.146. The van der Waals surface area contributed by atoms with Gasteiger partial charge in [0.2, 0.25) is 0 Å². The van der Waals surface area contributed by atoms with Crippen molar-refractivity contribution in [2.75, 3.05) is 13.2 Å². The van der Waals surface area contributed by atoms with Crippen LogP contribution in [-0.2, 0) is 19.1 Å². The van der Waals surface area contributed by atoms with Crippen LogP contribution in [-0.4, -0.2) is 25.2 Å². The molecule has 0 spiro atoms. The fourth-order valence-corrected chi connectivity index (χ4v) is 2.47. The minimum absolute atomic E-state index is 0.141. The van der Waals surface area contributed by atoms with E-state index in [9.17, 15) is 9.59 Å². The highest BCUT2D eigenvalue weighted by Gasteiger charge is 2.06. The summed E-state index contributed by atoms with van der Waals surface area (Å²) in [4.78, 5) is 23.0. The van der Waals surface area contributed by atoms with Gasteiger partial charge in [-0.3, -0.25) is 9.59 Å². The zero-order chi connectivity index (χ0) is 17.9. The van der Waals surface area contributed by atoms with Gasteiger partial charge in [-0.2, -0.15) is 0 Å². The molecule has 0 N–H and O–H groups in total. The van der Waals surface area contributed by atoms with E-state index < -0.39 is 0 Å². The molecule has 0 rings (SSSR count). The molecule has 0 aromatic heterocycles. The van der Waals surface area contributed by atoms with Crippen LogP contribution in [0.1, 0.15) is 104 Å². The summed E-state index contributed by atoms with van der Waals surface area (Å²) in [5, 5.41) is 0. The molecule has 0 aliphatic heterocycles. The molecular weight excluding hydrogens is 304 g/mol. The molecule has 0 aliphatic carbocycles. The van der Waals surface area contributed by atoms with Crippen LogP contribution in [0.3, 0.4) is 0 Å². The normalized spacial score (nSPS) is 10.6. The molecule has 0 aromatic carbocycles. The minimum Gasteiger partial charge on any atom is -0.466 e. The minimum atomic E-state index is -0.150. The highest BCUT2D eigenvalue weighted by Crippen LogP contribution is 2.08. The van der Waals surface area contributed by atoms with Crippen molar-refractivity contribution in [1.29, 1.82) is 0 Å². The number of unbranched alkanes of at least 4 members (excludes halogenated alkanes) is 9. The SMILES string of the molecule is CCCCCCCCCOC(=O)CCCCC(=O)OCCCCC. The van der Waals surface area contributed by atoms with Crippen molar-refractivity contribution in [2.45, 2.75) is 104 Å². The van der Waals surface area contributed by atoms with Crippen LogP contribution in [0.15, 0.2) is 0 Å². The summed E-state index contributed by atoms with van der Waals surface area (Å²) in [6.45, 7) is 5.39. The first kappa shape index (κ1) is 22.9. The predicted octanol–water partition coefficient (Wildman–Crippen LogP) is 5.57. The number of hydrogen-bond donors (Lipinski definition) is 0. The highest BCUT2D eigenvalue weighted by atomic mass is 16.5. The van der Waals surface area contributed by atoms with Crippen molar-refractivity contribution >= 4 is 11.9 Å². The maximum absolute atomic E-state index is 11.6. The molecule has 24 heavy (non-hydrogen) atoms. The molecule has 0 aromatic rings. The molecule has 0 radical (unpaired) electrons. The third-order valence-corrected chi connectivity index (χ3v) is 4.03. The molecule has 0 atom stereocenters. The lowest BCUT2D eigenvalue weighted by Crippen LogP contribution is -2.08. The molecule has 0 heterocycles. The second-order valence-corrected chi connectivity index (χ2v) is 6.48. The van der Waals surface area contributed by atoms with E-state index in [1.807, 2.05) is 0 Å². The van der Waals surface area contributed by atoms with Crippen LogP contribution in [0, 0.1) is 0 Å². The smallest absolute Gasteiger partial charge is 0.305 e. The van der Waals surface area contributed by atoms with Gasteiger partial charge >= 0.3 is 11.9 Å². The van der Waals surface area contributed by atoms with E-state index in [4.69, 9.17) is 9.47 Å². The van der Waals surface area contributed by atoms with Gasteiger partial charge in [0.25, 0.3) is 0 Å². The van der Waals surface area contributed by atoms with Crippen LogP contribution in [0.25, 0.3) is 0 Å². The maximum Gasteiger partial charge on any atom is 0.305 e. The van der Waals surface area contributed by atoms with Gasteiger partial charge in [-0.15, -0.1) is 0 Å². The lowest BCUT2D eigenvalue weighted by Gasteiger charge is -2.06. The van der Waals surface area contributed by atoms with E-state index >= 15 is 0 Å².